The van der Waals surface area contributed by atoms with Crippen LogP contribution in [0, 0.1) is 5.92 Å². The van der Waals surface area contributed by atoms with Crippen LogP contribution in [0.15, 0.2) is 0 Å². The Morgan fingerprint density at radius 2 is 1.90 bits per heavy atom. The lowest BCUT2D eigenvalue weighted by atomic mass is 10.1. The second kappa shape index (κ2) is 8.67. The Balaban J connectivity index is 1.18. The molecule has 0 bridgehead atoms. The standard InChI is InChI=1S/C22H33N5O3/c28-20(26-8-10-30-11-9-26)12-16-6-7-17(27(16)14-15-4-5-15)13-23-22(29)21-18-2-1-3-19(18)24-25-21/h15-17H,1-14H2,(H,23,29)(H,24,25)/t16-,17+/m1/s1. The molecule has 4 aliphatic rings. The first-order valence-corrected chi connectivity index (χ1v) is 11.6. The van der Waals surface area contributed by atoms with Crippen molar-refractivity contribution >= 4 is 11.8 Å². The van der Waals surface area contributed by atoms with Gasteiger partial charge in [-0.05, 0) is 50.9 Å². The summed E-state index contributed by atoms with van der Waals surface area (Å²) in [6.07, 6.45) is 8.26. The normalized spacial score (nSPS) is 26.7. The molecule has 1 aromatic heterocycles. The zero-order valence-corrected chi connectivity index (χ0v) is 17.7. The number of morpholine rings is 1. The molecule has 2 atom stereocenters. The van der Waals surface area contributed by atoms with Crippen molar-refractivity contribution in [3.8, 4) is 0 Å². The number of nitrogens with one attached hydrogen (secondary N) is 2. The number of fused-ring (bicyclic) bond motifs is 1. The van der Waals surface area contributed by atoms with E-state index in [1.165, 1.54) is 12.8 Å². The SMILES string of the molecule is O=C(NC[C@@H]1CC[C@H](CC(=O)N2CCOCC2)N1CC1CC1)c1n[nH]c2c1CCC2. The summed E-state index contributed by atoms with van der Waals surface area (Å²) < 4.78 is 5.38. The molecule has 2 aliphatic heterocycles. The fraction of sp³-hybridized carbons (Fsp3) is 0.773. The van der Waals surface area contributed by atoms with Gasteiger partial charge in [0.05, 0.1) is 13.2 Å². The summed E-state index contributed by atoms with van der Waals surface area (Å²) in [7, 11) is 0. The maximum Gasteiger partial charge on any atom is 0.272 e. The number of carbonyl (C=O) groups excluding carboxylic acids is 2. The van der Waals surface area contributed by atoms with Crippen molar-refractivity contribution in [1.29, 1.82) is 0 Å². The molecule has 0 unspecified atom stereocenters. The predicted molar refractivity (Wildman–Crippen MR) is 111 cm³/mol. The van der Waals surface area contributed by atoms with Gasteiger partial charge in [-0.2, -0.15) is 5.10 Å². The predicted octanol–water partition coefficient (Wildman–Crippen LogP) is 1.12. The molecule has 1 saturated carbocycles. The number of ether oxygens (including phenoxy) is 1. The van der Waals surface area contributed by atoms with E-state index in [9.17, 15) is 9.59 Å². The number of aryl methyl sites for hydroxylation is 1. The van der Waals surface area contributed by atoms with Gasteiger partial charge in [-0.1, -0.05) is 0 Å². The first-order chi connectivity index (χ1) is 14.7. The van der Waals surface area contributed by atoms with Crippen LogP contribution in [0.3, 0.4) is 0 Å². The summed E-state index contributed by atoms with van der Waals surface area (Å²) in [5.41, 5.74) is 2.80. The lowest BCUT2D eigenvalue weighted by Gasteiger charge is -2.33. The largest absolute Gasteiger partial charge is 0.378 e. The number of aromatic nitrogens is 2. The first-order valence-electron chi connectivity index (χ1n) is 11.6. The first kappa shape index (κ1) is 20.0. The molecule has 2 N–H and O–H groups in total. The quantitative estimate of drug-likeness (QED) is 0.697. The molecular weight excluding hydrogens is 382 g/mol. The fourth-order valence-electron chi connectivity index (χ4n) is 5.29. The van der Waals surface area contributed by atoms with Crippen molar-refractivity contribution in [3.05, 3.63) is 17.0 Å². The summed E-state index contributed by atoms with van der Waals surface area (Å²) in [5, 5.41) is 10.4. The Kier molecular flexibility index (Phi) is 5.78. The summed E-state index contributed by atoms with van der Waals surface area (Å²) >= 11 is 0. The summed E-state index contributed by atoms with van der Waals surface area (Å²) in [4.78, 5) is 30.0. The van der Waals surface area contributed by atoms with Crippen molar-refractivity contribution in [1.82, 2.24) is 25.3 Å². The van der Waals surface area contributed by atoms with E-state index in [2.05, 4.69) is 20.4 Å². The third kappa shape index (κ3) is 4.25. The highest BCUT2D eigenvalue weighted by atomic mass is 16.5. The van der Waals surface area contributed by atoms with Crippen LogP contribution in [0.2, 0.25) is 0 Å². The molecule has 0 aromatic carbocycles. The highest BCUT2D eigenvalue weighted by molar-refractivity contribution is 5.94. The zero-order chi connectivity index (χ0) is 20.5. The van der Waals surface area contributed by atoms with Gasteiger partial charge >= 0.3 is 0 Å². The Morgan fingerprint density at radius 1 is 1.10 bits per heavy atom. The minimum Gasteiger partial charge on any atom is -0.378 e. The molecule has 2 amide bonds. The second-order valence-corrected chi connectivity index (χ2v) is 9.32. The minimum absolute atomic E-state index is 0.0615. The molecule has 0 spiro atoms. The van der Waals surface area contributed by atoms with Crippen molar-refractivity contribution < 1.29 is 14.3 Å². The number of hydrogen-bond donors (Lipinski definition) is 2. The van der Waals surface area contributed by atoms with Crippen LogP contribution >= 0.6 is 0 Å². The second-order valence-electron chi connectivity index (χ2n) is 9.32. The van der Waals surface area contributed by atoms with Crippen LogP contribution in [0.5, 0.6) is 0 Å². The van der Waals surface area contributed by atoms with E-state index < -0.39 is 0 Å². The van der Waals surface area contributed by atoms with Gasteiger partial charge in [0.2, 0.25) is 5.91 Å². The van der Waals surface area contributed by atoms with Crippen LogP contribution in [0.1, 0.15) is 60.3 Å². The summed E-state index contributed by atoms with van der Waals surface area (Å²) in [6, 6.07) is 0.599. The molecule has 0 radical (unpaired) electrons. The molecular formula is C22H33N5O3. The minimum atomic E-state index is -0.0615. The topological polar surface area (TPSA) is 90.6 Å². The smallest absolute Gasteiger partial charge is 0.272 e. The van der Waals surface area contributed by atoms with E-state index in [4.69, 9.17) is 4.74 Å². The highest BCUT2D eigenvalue weighted by Gasteiger charge is 2.39. The van der Waals surface area contributed by atoms with Crippen LogP contribution in [0.25, 0.3) is 0 Å². The van der Waals surface area contributed by atoms with Gasteiger partial charge in [0.1, 0.15) is 0 Å². The van der Waals surface area contributed by atoms with Crippen LogP contribution in [0.4, 0.5) is 0 Å². The van der Waals surface area contributed by atoms with E-state index >= 15 is 0 Å². The summed E-state index contributed by atoms with van der Waals surface area (Å²) in [6.45, 7) is 4.40. The molecule has 2 saturated heterocycles. The van der Waals surface area contributed by atoms with Crippen LogP contribution < -0.4 is 5.32 Å². The molecule has 2 aliphatic carbocycles. The molecule has 1 aromatic rings. The molecule has 8 nitrogen and oxygen atoms in total. The molecule has 164 valence electrons. The number of hydrogen-bond acceptors (Lipinski definition) is 5. The van der Waals surface area contributed by atoms with Gasteiger partial charge in [-0.15, -0.1) is 0 Å². The molecule has 3 fully saturated rings. The maximum atomic E-state index is 12.8. The summed E-state index contributed by atoms with van der Waals surface area (Å²) in [5.74, 6) is 0.950. The Bertz CT molecular complexity index is 784. The van der Waals surface area contributed by atoms with Crippen molar-refractivity contribution in [2.45, 2.75) is 63.5 Å². The number of nitrogens with zero attached hydrogens (tertiary/aromatic N) is 3. The molecule has 30 heavy (non-hydrogen) atoms. The number of aromatic amines is 1. The number of rotatable bonds is 7. The van der Waals surface area contributed by atoms with E-state index in [-0.39, 0.29) is 17.9 Å². The molecule has 8 heteroatoms. The van der Waals surface area contributed by atoms with Gasteiger partial charge in [-0.3, -0.25) is 19.6 Å². The number of amides is 2. The van der Waals surface area contributed by atoms with Gasteiger partial charge in [-0.25, -0.2) is 0 Å². The van der Waals surface area contributed by atoms with Crippen LogP contribution in [-0.2, 0) is 22.4 Å². The van der Waals surface area contributed by atoms with Crippen molar-refractivity contribution in [2.24, 2.45) is 5.92 Å². The van der Waals surface area contributed by atoms with Gasteiger partial charge < -0.3 is 15.0 Å². The monoisotopic (exact) mass is 415 g/mol. The molecule has 5 rings (SSSR count). The van der Waals surface area contributed by atoms with Gasteiger partial charge in [0.25, 0.3) is 5.91 Å². The number of likely N-dealkylation sites (tertiary alicyclic amines) is 1. The van der Waals surface area contributed by atoms with E-state index in [0.29, 0.717) is 51.0 Å². The Hall–Kier alpha value is -1.93. The third-order valence-electron chi connectivity index (χ3n) is 7.23. The maximum absolute atomic E-state index is 12.8. The lowest BCUT2D eigenvalue weighted by Crippen LogP contribution is -2.47. The number of carbonyl (C=O) groups is 2. The van der Waals surface area contributed by atoms with Gasteiger partial charge in [0, 0.05) is 55.9 Å². The van der Waals surface area contributed by atoms with E-state index in [0.717, 1.165) is 55.8 Å². The van der Waals surface area contributed by atoms with E-state index in [1.54, 1.807) is 0 Å². The third-order valence-corrected chi connectivity index (χ3v) is 7.23. The van der Waals surface area contributed by atoms with Crippen LogP contribution in [-0.4, -0.2) is 83.3 Å². The Labute approximate surface area is 177 Å². The fourth-order valence-corrected chi connectivity index (χ4v) is 5.29. The van der Waals surface area contributed by atoms with Crippen molar-refractivity contribution in [3.63, 3.8) is 0 Å². The zero-order valence-electron chi connectivity index (χ0n) is 17.7. The highest BCUT2D eigenvalue weighted by Crippen LogP contribution is 2.35. The average molecular weight is 416 g/mol. The average Bonchev–Trinajstić information content (AvgIpc) is 3.13. The molecule has 3 heterocycles. The Morgan fingerprint density at radius 3 is 2.70 bits per heavy atom. The van der Waals surface area contributed by atoms with E-state index in [1.807, 2.05) is 4.90 Å². The van der Waals surface area contributed by atoms with Gasteiger partial charge in [0.15, 0.2) is 5.69 Å². The number of H-pyrrole nitrogens is 1. The lowest BCUT2D eigenvalue weighted by molar-refractivity contribution is -0.136. The van der Waals surface area contributed by atoms with Crippen molar-refractivity contribution in [2.75, 3.05) is 39.4 Å².